The third kappa shape index (κ3) is 4.44. The lowest BCUT2D eigenvalue weighted by Gasteiger charge is -2.35. The molecule has 1 N–H and O–H groups in total. The van der Waals surface area contributed by atoms with Crippen LogP contribution in [0.1, 0.15) is 29.6 Å². The number of benzene rings is 2. The van der Waals surface area contributed by atoms with Gasteiger partial charge in [0.25, 0.3) is 11.8 Å². The van der Waals surface area contributed by atoms with Crippen LogP contribution in [0.5, 0.6) is 5.75 Å². The average molecular weight is 425 g/mol. The van der Waals surface area contributed by atoms with E-state index in [0.29, 0.717) is 42.9 Å². The van der Waals surface area contributed by atoms with Crippen molar-refractivity contribution < 1.29 is 23.5 Å². The summed E-state index contributed by atoms with van der Waals surface area (Å²) in [6.07, 6.45) is 1.48. The summed E-state index contributed by atoms with van der Waals surface area (Å²) in [6.45, 7) is 1.20. The zero-order valence-corrected chi connectivity index (χ0v) is 17.2. The lowest BCUT2D eigenvalue weighted by molar-refractivity contribution is -0.123. The molecular formula is C23H24FN3O4. The first-order chi connectivity index (χ1) is 15.0. The van der Waals surface area contributed by atoms with Crippen LogP contribution in [0.2, 0.25) is 0 Å². The van der Waals surface area contributed by atoms with Crippen LogP contribution >= 0.6 is 0 Å². The Morgan fingerprint density at radius 1 is 1.10 bits per heavy atom. The highest BCUT2D eigenvalue weighted by Crippen LogP contribution is 2.29. The van der Waals surface area contributed by atoms with Crippen LogP contribution in [-0.4, -0.2) is 54.9 Å². The van der Waals surface area contributed by atoms with E-state index in [9.17, 15) is 18.8 Å². The smallest absolute Gasteiger partial charge is 0.251 e. The van der Waals surface area contributed by atoms with Crippen LogP contribution in [0.3, 0.4) is 0 Å². The number of nitrogens with zero attached hydrogens (tertiary/aromatic N) is 2. The first-order valence-corrected chi connectivity index (χ1v) is 10.3. The number of hydrogen-bond acceptors (Lipinski definition) is 5. The van der Waals surface area contributed by atoms with Crippen molar-refractivity contribution in [1.82, 2.24) is 10.2 Å². The Balaban J connectivity index is 1.35. The van der Waals surface area contributed by atoms with Gasteiger partial charge < -0.3 is 10.1 Å². The minimum absolute atomic E-state index is 0.0319. The van der Waals surface area contributed by atoms with E-state index in [4.69, 9.17) is 4.74 Å². The number of imide groups is 1. The Kier molecular flexibility index (Phi) is 5.99. The van der Waals surface area contributed by atoms with Crippen molar-refractivity contribution in [3.63, 3.8) is 0 Å². The number of piperidine rings is 1. The molecule has 2 saturated heterocycles. The summed E-state index contributed by atoms with van der Waals surface area (Å²) in [7, 11) is 1.54. The number of methoxy groups -OCH3 is 1. The van der Waals surface area contributed by atoms with E-state index in [0.717, 1.165) is 0 Å². The second-order valence-electron chi connectivity index (χ2n) is 7.78. The fraction of sp³-hybridized carbons (Fsp3) is 0.348. The van der Waals surface area contributed by atoms with Crippen LogP contribution in [0.15, 0.2) is 48.5 Å². The highest BCUT2D eigenvalue weighted by Gasteiger charge is 2.43. The zero-order chi connectivity index (χ0) is 22.0. The molecule has 0 spiro atoms. The molecule has 7 nitrogen and oxygen atoms in total. The molecule has 2 aliphatic heterocycles. The van der Waals surface area contributed by atoms with Crippen LogP contribution in [-0.2, 0) is 9.59 Å². The van der Waals surface area contributed by atoms with Gasteiger partial charge in [0.15, 0.2) is 0 Å². The number of halogens is 1. The molecule has 0 unspecified atom stereocenters. The first kappa shape index (κ1) is 21.0. The Hall–Kier alpha value is -3.26. The van der Waals surface area contributed by atoms with E-state index in [-0.39, 0.29) is 36.0 Å². The highest BCUT2D eigenvalue weighted by atomic mass is 19.1. The molecule has 0 aromatic heterocycles. The van der Waals surface area contributed by atoms with E-state index in [1.165, 1.54) is 36.3 Å². The number of nitrogens with one attached hydrogen (secondary N) is 1. The van der Waals surface area contributed by atoms with Gasteiger partial charge >= 0.3 is 0 Å². The highest BCUT2D eigenvalue weighted by molar-refractivity contribution is 6.22. The minimum atomic E-state index is -0.493. The molecule has 2 fully saturated rings. The number of carbonyl (C=O) groups excluding carboxylic acids is 3. The van der Waals surface area contributed by atoms with Gasteiger partial charge in [-0.3, -0.25) is 19.3 Å². The fourth-order valence-corrected chi connectivity index (χ4v) is 4.15. The Morgan fingerprint density at radius 2 is 1.81 bits per heavy atom. The Morgan fingerprint density at radius 3 is 2.48 bits per heavy atom. The average Bonchev–Trinajstić information content (AvgIpc) is 3.08. The van der Waals surface area contributed by atoms with Crippen LogP contribution in [0, 0.1) is 5.82 Å². The van der Waals surface area contributed by atoms with Crippen molar-refractivity contribution in [2.75, 3.05) is 25.1 Å². The summed E-state index contributed by atoms with van der Waals surface area (Å²) in [6, 6.07) is 11.8. The molecule has 0 bridgehead atoms. The van der Waals surface area contributed by atoms with Crippen molar-refractivity contribution in [3.05, 3.63) is 59.9 Å². The molecule has 1 atom stereocenters. The van der Waals surface area contributed by atoms with Crippen molar-refractivity contribution in [2.24, 2.45) is 0 Å². The lowest BCUT2D eigenvalue weighted by Crippen LogP contribution is -2.50. The van der Waals surface area contributed by atoms with Gasteiger partial charge in [0, 0.05) is 30.8 Å². The Bertz CT molecular complexity index is 987. The van der Waals surface area contributed by atoms with Gasteiger partial charge in [-0.2, -0.15) is 0 Å². The minimum Gasteiger partial charge on any atom is -0.497 e. The van der Waals surface area contributed by atoms with E-state index in [1.54, 1.807) is 24.3 Å². The molecular weight excluding hydrogens is 401 g/mol. The maximum absolute atomic E-state index is 13.0. The number of rotatable bonds is 5. The van der Waals surface area contributed by atoms with Crippen molar-refractivity contribution in [1.29, 1.82) is 0 Å². The third-order valence-electron chi connectivity index (χ3n) is 5.85. The van der Waals surface area contributed by atoms with E-state index in [2.05, 4.69) is 5.32 Å². The molecule has 31 heavy (non-hydrogen) atoms. The quantitative estimate of drug-likeness (QED) is 0.744. The number of carbonyl (C=O) groups is 3. The van der Waals surface area contributed by atoms with Gasteiger partial charge in [0.05, 0.1) is 25.3 Å². The van der Waals surface area contributed by atoms with E-state index in [1.807, 2.05) is 4.90 Å². The van der Waals surface area contributed by atoms with Gasteiger partial charge in [-0.15, -0.1) is 0 Å². The van der Waals surface area contributed by atoms with E-state index >= 15 is 0 Å². The number of likely N-dealkylation sites (tertiary alicyclic amines) is 1. The molecule has 2 aromatic carbocycles. The molecule has 0 aliphatic carbocycles. The van der Waals surface area contributed by atoms with E-state index < -0.39 is 6.04 Å². The SMILES string of the molecule is COc1cccc(N2C(=O)C[C@H](N3CCC(NC(=O)c4ccc(F)cc4)CC3)C2=O)c1. The molecule has 3 amide bonds. The zero-order valence-electron chi connectivity index (χ0n) is 17.2. The number of ether oxygens (including phenoxy) is 1. The van der Waals surface area contributed by atoms with Crippen LogP contribution in [0.25, 0.3) is 0 Å². The normalized spacial score (nSPS) is 20.2. The maximum Gasteiger partial charge on any atom is 0.251 e. The standard InChI is InChI=1S/C23H24FN3O4/c1-31-19-4-2-3-18(13-19)27-21(28)14-20(23(27)30)26-11-9-17(10-12-26)25-22(29)15-5-7-16(24)8-6-15/h2-8,13,17,20H,9-12,14H2,1H3,(H,25,29)/t20-/m0/s1. The van der Waals surface area contributed by atoms with Crippen molar-refractivity contribution in [3.8, 4) is 5.75 Å². The summed E-state index contributed by atoms with van der Waals surface area (Å²) < 4.78 is 18.2. The number of anilines is 1. The number of amides is 3. The molecule has 2 aliphatic rings. The van der Waals surface area contributed by atoms with Crippen molar-refractivity contribution in [2.45, 2.75) is 31.3 Å². The Labute approximate surface area is 179 Å². The second kappa shape index (κ2) is 8.85. The van der Waals surface area contributed by atoms with Crippen LogP contribution in [0.4, 0.5) is 10.1 Å². The van der Waals surface area contributed by atoms with Gasteiger partial charge in [0.1, 0.15) is 11.6 Å². The van der Waals surface area contributed by atoms with Gasteiger partial charge in [-0.1, -0.05) is 6.07 Å². The maximum atomic E-state index is 13.0. The van der Waals surface area contributed by atoms with Gasteiger partial charge in [-0.25, -0.2) is 9.29 Å². The summed E-state index contributed by atoms with van der Waals surface area (Å²) in [5.41, 5.74) is 0.924. The molecule has 2 aromatic rings. The summed E-state index contributed by atoms with van der Waals surface area (Å²) in [4.78, 5) is 41.2. The molecule has 4 rings (SSSR count). The third-order valence-corrected chi connectivity index (χ3v) is 5.85. The molecule has 0 radical (unpaired) electrons. The predicted octanol–water partition coefficient (Wildman–Crippen LogP) is 2.36. The van der Waals surface area contributed by atoms with Gasteiger partial charge in [-0.05, 0) is 49.2 Å². The topological polar surface area (TPSA) is 79.0 Å². The molecule has 8 heteroatoms. The molecule has 162 valence electrons. The summed E-state index contributed by atoms with van der Waals surface area (Å²) in [5.74, 6) is -0.500. The van der Waals surface area contributed by atoms with Crippen molar-refractivity contribution >= 4 is 23.4 Å². The number of hydrogen-bond donors (Lipinski definition) is 1. The largest absolute Gasteiger partial charge is 0.497 e. The molecule has 2 heterocycles. The predicted molar refractivity (Wildman–Crippen MR) is 112 cm³/mol. The fourth-order valence-electron chi connectivity index (χ4n) is 4.15. The summed E-state index contributed by atoms with van der Waals surface area (Å²) >= 11 is 0. The lowest BCUT2D eigenvalue weighted by atomic mass is 10.0. The van der Waals surface area contributed by atoms with Gasteiger partial charge in [0.2, 0.25) is 5.91 Å². The molecule has 0 saturated carbocycles. The second-order valence-corrected chi connectivity index (χ2v) is 7.78. The first-order valence-electron chi connectivity index (χ1n) is 10.3. The monoisotopic (exact) mass is 425 g/mol. The summed E-state index contributed by atoms with van der Waals surface area (Å²) in [5, 5.41) is 2.97. The van der Waals surface area contributed by atoms with Crippen LogP contribution < -0.4 is 15.0 Å².